The summed E-state index contributed by atoms with van der Waals surface area (Å²) in [6.07, 6.45) is 1.66. The number of nitrogens with zero attached hydrogens (tertiary/aromatic N) is 2. The number of allylic oxidation sites excluding steroid dienone is 1. The number of carbonyl (C=O) groups is 1. The summed E-state index contributed by atoms with van der Waals surface area (Å²) >= 11 is 0. The van der Waals surface area contributed by atoms with Crippen molar-refractivity contribution in [1.82, 2.24) is 9.55 Å². The molecule has 3 aromatic rings. The molecule has 0 fully saturated rings. The van der Waals surface area contributed by atoms with Gasteiger partial charge in [-0.05, 0) is 31.2 Å². The van der Waals surface area contributed by atoms with E-state index in [2.05, 4.69) is 15.3 Å². The summed E-state index contributed by atoms with van der Waals surface area (Å²) in [4.78, 5) is 31.9. The summed E-state index contributed by atoms with van der Waals surface area (Å²) in [5.74, 6) is -0.296. The van der Waals surface area contributed by atoms with E-state index in [4.69, 9.17) is 4.74 Å². The van der Waals surface area contributed by atoms with Crippen molar-refractivity contribution in [1.29, 1.82) is 0 Å². The van der Waals surface area contributed by atoms with Crippen molar-refractivity contribution in [2.24, 2.45) is 4.99 Å². The Labute approximate surface area is 172 Å². The van der Waals surface area contributed by atoms with Gasteiger partial charge in [-0.3, -0.25) is 14.4 Å². The van der Waals surface area contributed by atoms with E-state index in [-0.39, 0.29) is 18.1 Å². The van der Waals surface area contributed by atoms with Crippen LogP contribution in [0.5, 0.6) is 11.6 Å². The highest BCUT2D eigenvalue weighted by Crippen LogP contribution is 2.36. The minimum absolute atomic E-state index is 0.214. The van der Waals surface area contributed by atoms with Gasteiger partial charge in [-0.25, -0.2) is 4.79 Å². The van der Waals surface area contributed by atoms with E-state index in [9.17, 15) is 14.7 Å². The predicted octanol–water partition coefficient (Wildman–Crippen LogP) is 3.18. The van der Waals surface area contributed by atoms with Gasteiger partial charge in [-0.1, -0.05) is 30.3 Å². The zero-order valence-corrected chi connectivity index (χ0v) is 16.5. The minimum Gasteiger partial charge on any atom is -0.495 e. The van der Waals surface area contributed by atoms with Crippen LogP contribution in [0.1, 0.15) is 18.2 Å². The van der Waals surface area contributed by atoms with Gasteiger partial charge in [0.05, 0.1) is 18.5 Å². The van der Waals surface area contributed by atoms with Crippen molar-refractivity contribution in [3.05, 3.63) is 70.3 Å². The lowest BCUT2D eigenvalue weighted by atomic mass is 10.0. The number of hydrogen-bond donors (Lipinski definition) is 3. The van der Waals surface area contributed by atoms with Gasteiger partial charge in [0.1, 0.15) is 18.0 Å². The van der Waals surface area contributed by atoms with Gasteiger partial charge in [0.15, 0.2) is 0 Å². The van der Waals surface area contributed by atoms with Crippen LogP contribution in [0.2, 0.25) is 0 Å². The van der Waals surface area contributed by atoms with Crippen LogP contribution in [0, 0.1) is 0 Å². The van der Waals surface area contributed by atoms with Gasteiger partial charge in [0.2, 0.25) is 11.8 Å². The Bertz CT molecular complexity index is 1250. The number of aromatic hydroxyl groups is 1. The highest BCUT2D eigenvalue weighted by molar-refractivity contribution is 6.31. The van der Waals surface area contributed by atoms with Crippen molar-refractivity contribution >= 4 is 34.6 Å². The summed E-state index contributed by atoms with van der Waals surface area (Å²) < 4.78 is 6.18. The zero-order valence-electron chi connectivity index (χ0n) is 16.5. The number of aliphatic imine (C=N–C) groups is 1. The van der Waals surface area contributed by atoms with E-state index >= 15 is 0 Å². The third-order valence-corrected chi connectivity index (χ3v) is 4.83. The van der Waals surface area contributed by atoms with Crippen LogP contribution in [0.25, 0.3) is 11.6 Å². The largest absolute Gasteiger partial charge is 0.495 e. The van der Waals surface area contributed by atoms with Crippen LogP contribution in [0.3, 0.4) is 0 Å². The summed E-state index contributed by atoms with van der Waals surface area (Å²) in [6, 6.07) is 14.6. The van der Waals surface area contributed by atoms with Crippen LogP contribution >= 0.6 is 0 Å². The van der Waals surface area contributed by atoms with Crippen LogP contribution in [-0.2, 0) is 11.3 Å². The monoisotopic (exact) mass is 404 g/mol. The third kappa shape index (κ3) is 3.50. The molecule has 0 saturated carbocycles. The first-order valence-corrected chi connectivity index (χ1v) is 9.29. The van der Waals surface area contributed by atoms with Gasteiger partial charge in [-0.2, -0.15) is 0 Å². The van der Waals surface area contributed by atoms with Crippen LogP contribution in [0.4, 0.5) is 11.4 Å². The third-order valence-electron chi connectivity index (χ3n) is 4.83. The van der Waals surface area contributed by atoms with Gasteiger partial charge in [0, 0.05) is 16.8 Å². The number of benzene rings is 2. The van der Waals surface area contributed by atoms with E-state index in [0.29, 0.717) is 11.4 Å². The standard InChI is InChI=1S/C22H20N4O4/c1-13-15(14-7-3-4-8-16(14)23-13)11-18-21(28)26(22(29)25-18)12-20(27)24-17-9-5-6-10-19(17)30-2/h3-11,28H,12H2,1-2H3,(H,24,27)(H,25,29). The van der Waals surface area contributed by atoms with Gasteiger partial charge < -0.3 is 20.1 Å². The summed E-state index contributed by atoms with van der Waals surface area (Å²) in [7, 11) is 1.50. The second-order valence-electron chi connectivity index (χ2n) is 6.77. The fourth-order valence-electron chi connectivity index (χ4n) is 3.37. The molecule has 0 bridgehead atoms. The lowest BCUT2D eigenvalue weighted by Gasteiger charge is -2.10. The fraction of sp³-hybridized carbons (Fsp3) is 0.136. The molecule has 1 aromatic heterocycles. The van der Waals surface area contributed by atoms with Crippen molar-refractivity contribution < 1.29 is 14.6 Å². The molecule has 2 aromatic carbocycles. The zero-order chi connectivity index (χ0) is 21.3. The number of hydrogen-bond acceptors (Lipinski definition) is 5. The molecule has 4 rings (SSSR count). The molecular formula is C22H20N4O4. The van der Waals surface area contributed by atoms with Crippen molar-refractivity contribution in [2.45, 2.75) is 13.5 Å². The molecule has 2 heterocycles. The Hall–Kier alpha value is -4.07. The van der Waals surface area contributed by atoms with Gasteiger partial charge >= 0.3 is 5.69 Å². The number of aromatic amines is 1. The van der Waals surface area contributed by atoms with E-state index in [1.807, 2.05) is 31.2 Å². The number of amides is 1. The molecule has 0 saturated heterocycles. The summed E-state index contributed by atoms with van der Waals surface area (Å²) in [6.45, 7) is 1.50. The molecule has 152 valence electrons. The number of methoxy groups -OCH3 is 1. The maximum Gasteiger partial charge on any atom is 0.329 e. The van der Waals surface area contributed by atoms with E-state index in [0.717, 1.165) is 27.1 Å². The number of anilines is 1. The number of rotatable bonds is 5. The minimum atomic E-state index is -0.588. The average molecular weight is 404 g/mol. The molecule has 8 nitrogen and oxygen atoms in total. The Kier molecular flexibility index (Phi) is 4.97. The number of fused-ring (bicyclic) bond motifs is 1. The molecule has 0 spiro atoms. The van der Waals surface area contributed by atoms with Gasteiger partial charge in [0.25, 0.3) is 0 Å². The fourth-order valence-corrected chi connectivity index (χ4v) is 3.37. The highest BCUT2D eigenvalue weighted by Gasteiger charge is 2.20. The molecule has 0 atom stereocenters. The summed E-state index contributed by atoms with van der Waals surface area (Å²) in [5.41, 5.74) is 3.42. The van der Waals surface area contributed by atoms with Crippen molar-refractivity contribution in [3.8, 4) is 11.6 Å². The number of nitrogens with one attached hydrogen (secondary N) is 2. The predicted molar refractivity (Wildman–Crippen MR) is 115 cm³/mol. The number of carbonyl (C=O) groups excluding carboxylic acids is 1. The Morgan fingerprint density at radius 2 is 1.97 bits per heavy atom. The topological polar surface area (TPSA) is 109 Å². The molecule has 1 aliphatic heterocycles. The SMILES string of the molecule is COc1ccccc1NC(=O)Cn1c(O)c(C=C2C(C)=Nc3ccccc32)[nH]c1=O. The van der Waals surface area contributed by atoms with Crippen LogP contribution in [-0.4, -0.2) is 33.4 Å². The summed E-state index contributed by atoms with van der Waals surface area (Å²) in [5, 5.41) is 13.2. The van der Waals surface area contributed by atoms with E-state index in [1.165, 1.54) is 7.11 Å². The second-order valence-corrected chi connectivity index (χ2v) is 6.77. The van der Waals surface area contributed by atoms with Crippen LogP contribution < -0.4 is 15.7 Å². The number of aromatic nitrogens is 2. The molecule has 1 amide bonds. The molecule has 0 radical (unpaired) electrons. The first-order valence-electron chi connectivity index (χ1n) is 9.29. The highest BCUT2D eigenvalue weighted by atomic mass is 16.5. The number of H-pyrrole nitrogens is 1. The Morgan fingerprint density at radius 3 is 2.77 bits per heavy atom. The number of imidazole rings is 1. The normalized spacial score (nSPS) is 13.8. The number of para-hydroxylation sites is 3. The van der Waals surface area contributed by atoms with E-state index in [1.54, 1.807) is 30.3 Å². The Morgan fingerprint density at radius 1 is 1.23 bits per heavy atom. The van der Waals surface area contributed by atoms with Crippen LogP contribution in [0.15, 0.2) is 58.3 Å². The molecule has 30 heavy (non-hydrogen) atoms. The molecule has 8 heteroatoms. The van der Waals surface area contributed by atoms with Gasteiger partial charge in [-0.15, -0.1) is 0 Å². The first kappa shape index (κ1) is 19.3. The molecule has 0 aliphatic carbocycles. The maximum atomic E-state index is 12.4. The lowest BCUT2D eigenvalue weighted by molar-refractivity contribution is -0.116. The first-order chi connectivity index (χ1) is 14.5. The average Bonchev–Trinajstić information content (AvgIpc) is 3.19. The lowest BCUT2D eigenvalue weighted by Crippen LogP contribution is -2.25. The molecule has 0 unspecified atom stereocenters. The van der Waals surface area contributed by atoms with Crippen molar-refractivity contribution in [2.75, 3.05) is 12.4 Å². The maximum absolute atomic E-state index is 12.4. The molecular weight excluding hydrogens is 384 g/mol. The van der Waals surface area contributed by atoms with E-state index < -0.39 is 11.6 Å². The second kappa shape index (κ2) is 7.75. The molecule has 1 aliphatic rings. The number of ether oxygens (including phenoxy) is 1. The smallest absolute Gasteiger partial charge is 0.329 e. The Balaban J connectivity index is 1.60. The molecule has 3 N–H and O–H groups in total. The van der Waals surface area contributed by atoms with Crippen molar-refractivity contribution in [3.63, 3.8) is 0 Å². The quantitative estimate of drug-likeness (QED) is 0.607.